The second-order valence-corrected chi connectivity index (χ2v) is 4.71. The third kappa shape index (κ3) is 2.46. The Morgan fingerprint density at radius 2 is 1.85 bits per heavy atom. The van der Waals surface area contributed by atoms with Crippen molar-refractivity contribution in [3.05, 3.63) is 40.7 Å². The molecule has 2 rings (SSSR count). The number of rotatable bonds is 5. The van der Waals surface area contributed by atoms with Crippen molar-refractivity contribution in [2.45, 2.75) is 6.04 Å². The molecule has 6 heteroatoms. The van der Waals surface area contributed by atoms with E-state index in [-0.39, 0.29) is 6.04 Å². The Kier molecular flexibility index (Phi) is 4.52. The zero-order valence-corrected chi connectivity index (χ0v) is 12.7. The zero-order valence-electron chi connectivity index (χ0n) is 12.0. The monoisotopic (exact) mass is 295 g/mol. The van der Waals surface area contributed by atoms with Gasteiger partial charge in [-0.2, -0.15) is 5.10 Å². The smallest absolute Gasteiger partial charge is 0.127 e. The van der Waals surface area contributed by atoms with Gasteiger partial charge in [0.2, 0.25) is 0 Å². The Hall–Kier alpha value is -1.72. The summed E-state index contributed by atoms with van der Waals surface area (Å²) in [6.07, 6.45) is 1.63. The van der Waals surface area contributed by atoms with E-state index in [0.29, 0.717) is 5.02 Å². The number of ether oxygens (including phenoxy) is 2. The molecule has 20 heavy (non-hydrogen) atoms. The minimum Gasteiger partial charge on any atom is -0.496 e. The van der Waals surface area contributed by atoms with Crippen LogP contribution in [0.1, 0.15) is 17.3 Å². The second kappa shape index (κ2) is 6.15. The van der Waals surface area contributed by atoms with Crippen LogP contribution in [0.2, 0.25) is 5.02 Å². The zero-order chi connectivity index (χ0) is 14.7. The number of hydrogen-bond donors (Lipinski definition) is 1. The summed E-state index contributed by atoms with van der Waals surface area (Å²) in [5.74, 6) is 1.47. The summed E-state index contributed by atoms with van der Waals surface area (Å²) in [5, 5.41) is 8.03. The van der Waals surface area contributed by atoms with Gasteiger partial charge >= 0.3 is 0 Å². The van der Waals surface area contributed by atoms with Crippen molar-refractivity contribution in [3.8, 4) is 11.5 Å². The van der Waals surface area contributed by atoms with Gasteiger partial charge in [0.05, 0.1) is 42.7 Å². The first-order chi connectivity index (χ1) is 9.63. The van der Waals surface area contributed by atoms with Gasteiger partial charge in [-0.15, -0.1) is 0 Å². The molecule has 0 bridgehead atoms. The van der Waals surface area contributed by atoms with Gasteiger partial charge < -0.3 is 14.8 Å². The number of aromatic nitrogens is 2. The van der Waals surface area contributed by atoms with E-state index in [2.05, 4.69) is 10.4 Å². The number of methoxy groups -OCH3 is 2. The molecule has 0 spiro atoms. The van der Waals surface area contributed by atoms with E-state index in [1.807, 2.05) is 32.3 Å². The lowest BCUT2D eigenvalue weighted by atomic mass is 10.0. The van der Waals surface area contributed by atoms with Crippen LogP contribution < -0.4 is 14.8 Å². The third-order valence-electron chi connectivity index (χ3n) is 3.25. The summed E-state index contributed by atoms with van der Waals surface area (Å²) < 4.78 is 12.7. The first-order valence-electron chi connectivity index (χ1n) is 6.19. The summed E-state index contributed by atoms with van der Waals surface area (Å²) in [4.78, 5) is 0. The van der Waals surface area contributed by atoms with Crippen LogP contribution in [0.15, 0.2) is 24.4 Å². The minimum atomic E-state index is -0.180. The molecule has 0 amide bonds. The van der Waals surface area contributed by atoms with Gasteiger partial charge in [0.1, 0.15) is 11.5 Å². The van der Waals surface area contributed by atoms with Gasteiger partial charge in [0.15, 0.2) is 0 Å². The second-order valence-electron chi connectivity index (χ2n) is 4.30. The number of halogens is 1. The predicted octanol–water partition coefficient (Wildman–Crippen LogP) is 2.40. The molecule has 1 atom stereocenters. The lowest BCUT2D eigenvalue weighted by Crippen LogP contribution is -2.22. The Balaban J connectivity index is 2.63. The highest BCUT2D eigenvalue weighted by Gasteiger charge is 2.25. The van der Waals surface area contributed by atoms with Crippen LogP contribution in [0, 0.1) is 0 Å². The van der Waals surface area contributed by atoms with Gasteiger partial charge in [-0.3, -0.25) is 4.68 Å². The van der Waals surface area contributed by atoms with Crippen LogP contribution in [-0.4, -0.2) is 31.0 Å². The lowest BCUT2D eigenvalue weighted by Gasteiger charge is -2.22. The summed E-state index contributed by atoms with van der Waals surface area (Å²) in [6.45, 7) is 0. The highest BCUT2D eigenvalue weighted by atomic mass is 35.5. The van der Waals surface area contributed by atoms with Gasteiger partial charge in [-0.25, -0.2) is 0 Å². The van der Waals surface area contributed by atoms with E-state index >= 15 is 0 Å². The fraction of sp³-hybridized carbons (Fsp3) is 0.357. The van der Waals surface area contributed by atoms with Gasteiger partial charge in [0, 0.05) is 7.05 Å². The van der Waals surface area contributed by atoms with Gasteiger partial charge in [-0.05, 0) is 19.2 Å². The molecule has 1 unspecified atom stereocenters. The maximum atomic E-state index is 6.25. The fourth-order valence-electron chi connectivity index (χ4n) is 2.33. The van der Waals surface area contributed by atoms with E-state index in [4.69, 9.17) is 21.1 Å². The molecular weight excluding hydrogens is 278 g/mol. The van der Waals surface area contributed by atoms with Crippen molar-refractivity contribution in [2.24, 2.45) is 7.05 Å². The van der Waals surface area contributed by atoms with E-state index in [1.54, 1.807) is 25.1 Å². The number of nitrogens with one attached hydrogen (secondary N) is 1. The molecular formula is C14H18ClN3O2. The Morgan fingerprint density at radius 1 is 1.25 bits per heavy atom. The van der Waals surface area contributed by atoms with E-state index in [1.165, 1.54) is 0 Å². The van der Waals surface area contributed by atoms with E-state index in [0.717, 1.165) is 22.8 Å². The molecule has 0 aliphatic carbocycles. The van der Waals surface area contributed by atoms with E-state index < -0.39 is 0 Å². The van der Waals surface area contributed by atoms with Crippen LogP contribution >= 0.6 is 11.6 Å². The van der Waals surface area contributed by atoms with E-state index in [9.17, 15) is 0 Å². The first kappa shape index (κ1) is 14.7. The van der Waals surface area contributed by atoms with Crippen LogP contribution in [0.25, 0.3) is 0 Å². The maximum absolute atomic E-state index is 6.25. The Morgan fingerprint density at radius 3 is 2.25 bits per heavy atom. The van der Waals surface area contributed by atoms with Crippen molar-refractivity contribution in [3.63, 3.8) is 0 Å². The highest BCUT2D eigenvalue weighted by molar-refractivity contribution is 6.31. The quantitative estimate of drug-likeness (QED) is 0.920. The standard InChI is InChI=1S/C14H18ClN3O2/c1-16-13(14-9(15)8-17-18(14)2)12-10(19-3)6-5-7-11(12)20-4/h5-8,13,16H,1-4H3. The summed E-state index contributed by atoms with van der Waals surface area (Å²) in [6, 6.07) is 5.50. The molecule has 5 nitrogen and oxygen atoms in total. The fourth-order valence-corrected chi connectivity index (χ4v) is 2.60. The molecule has 1 aromatic carbocycles. The summed E-state index contributed by atoms with van der Waals surface area (Å²) in [5.41, 5.74) is 1.75. The topological polar surface area (TPSA) is 48.3 Å². The van der Waals surface area contributed by atoms with Crippen molar-refractivity contribution in [1.29, 1.82) is 0 Å². The molecule has 1 aromatic heterocycles. The third-order valence-corrected chi connectivity index (χ3v) is 3.55. The number of hydrogen-bond acceptors (Lipinski definition) is 4. The van der Waals surface area contributed by atoms with Gasteiger partial charge in [0.25, 0.3) is 0 Å². The predicted molar refractivity (Wildman–Crippen MR) is 78.7 cm³/mol. The molecule has 0 saturated carbocycles. The highest BCUT2D eigenvalue weighted by Crippen LogP contribution is 2.38. The normalized spacial score (nSPS) is 12.2. The Labute approximate surface area is 123 Å². The molecule has 1 N–H and O–H groups in total. The molecule has 0 aliphatic heterocycles. The number of nitrogens with zero attached hydrogens (tertiary/aromatic N) is 2. The Bertz CT molecular complexity index is 556. The first-order valence-corrected chi connectivity index (χ1v) is 6.57. The van der Waals surface area contributed by atoms with Crippen LogP contribution in [0.5, 0.6) is 11.5 Å². The van der Waals surface area contributed by atoms with Crippen molar-refractivity contribution < 1.29 is 9.47 Å². The molecule has 0 aliphatic rings. The van der Waals surface area contributed by atoms with Crippen LogP contribution in [-0.2, 0) is 7.05 Å². The van der Waals surface area contributed by atoms with Crippen LogP contribution in [0.3, 0.4) is 0 Å². The van der Waals surface area contributed by atoms with Crippen molar-refractivity contribution >= 4 is 11.6 Å². The largest absolute Gasteiger partial charge is 0.496 e. The van der Waals surface area contributed by atoms with Crippen LogP contribution in [0.4, 0.5) is 0 Å². The molecule has 2 aromatic rings. The molecule has 1 heterocycles. The number of aryl methyl sites for hydroxylation is 1. The molecule has 108 valence electrons. The van der Waals surface area contributed by atoms with Gasteiger partial charge in [-0.1, -0.05) is 17.7 Å². The summed E-state index contributed by atoms with van der Waals surface area (Å²) in [7, 11) is 6.99. The number of benzene rings is 1. The maximum Gasteiger partial charge on any atom is 0.127 e. The SMILES string of the molecule is CNC(c1c(OC)cccc1OC)c1c(Cl)cnn1C. The lowest BCUT2D eigenvalue weighted by molar-refractivity contribution is 0.377. The average molecular weight is 296 g/mol. The average Bonchev–Trinajstić information content (AvgIpc) is 2.80. The molecule has 0 saturated heterocycles. The molecule has 0 radical (unpaired) electrons. The minimum absolute atomic E-state index is 0.180. The van der Waals surface area contributed by atoms with Crippen molar-refractivity contribution in [1.82, 2.24) is 15.1 Å². The molecule has 0 fully saturated rings. The summed E-state index contributed by atoms with van der Waals surface area (Å²) >= 11 is 6.25. The van der Waals surface area contributed by atoms with Crippen molar-refractivity contribution in [2.75, 3.05) is 21.3 Å².